The second-order valence-electron chi connectivity index (χ2n) is 4.17. The number of carbonyl (C=O) groups excluding carboxylic acids is 2. The lowest BCUT2D eigenvalue weighted by atomic mass is 10.7. The molecule has 0 saturated carbocycles. The molecule has 1 saturated heterocycles. The predicted octanol–water partition coefficient (Wildman–Crippen LogP) is -1.49. The molecule has 0 atom stereocenters. The van der Waals surface area contributed by atoms with Crippen LogP contribution in [-0.4, -0.2) is 68.4 Å². The van der Waals surface area contributed by atoms with Crippen LogP contribution in [0.15, 0.2) is 0 Å². The van der Waals surface area contributed by atoms with Crippen LogP contribution in [0.2, 0.25) is 0 Å². The van der Waals surface area contributed by atoms with E-state index >= 15 is 0 Å². The van der Waals surface area contributed by atoms with E-state index in [1.54, 1.807) is 0 Å². The van der Waals surface area contributed by atoms with Gasteiger partial charge in [0.05, 0.1) is 0 Å². The molecule has 1 aliphatic rings. The Hall–Kier alpha value is -2.66. The number of nitrogens with zero attached hydrogens (tertiary/aromatic N) is 6. The summed E-state index contributed by atoms with van der Waals surface area (Å²) >= 11 is 0. The first-order valence-corrected chi connectivity index (χ1v) is 5.52. The zero-order valence-corrected chi connectivity index (χ0v) is 11.0. The number of hydrogen-bond acceptors (Lipinski definition) is 6. The Morgan fingerprint density at radius 1 is 0.800 bits per heavy atom. The van der Waals surface area contributed by atoms with Gasteiger partial charge >= 0.3 is 0 Å². The van der Waals surface area contributed by atoms with Crippen LogP contribution in [0.5, 0.6) is 0 Å². The summed E-state index contributed by atoms with van der Waals surface area (Å²) in [5, 5.41) is 21.5. The van der Waals surface area contributed by atoms with Gasteiger partial charge in [0, 0.05) is 13.8 Å². The minimum Gasteiger partial charge on any atom is -0.296 e. The van der Waals surface area contributed by atoms with Crippen LogP contribution >= 0.6 is 0 Å². The van der Waals surface area contributed by atoms with Crippen molar-refractivity contribution < 1.29 is 19.7 Å². The van der Waals surface area contributed by atoms with Crippen LogP contribution in [-0.2, 0) is 9.59 Å². The van der Waals surface area contributed by atoms with Crippen molar-refractivity contribution in [2.75, 3.05) is 26.7 Å². The lowest BCUT2D eigenvalue weighted by molar-refractivity contribution is -0.683. The largest absolute Gasteiger partial charge is 0.296 e. The van der Waals surface area contributed by atoms with Gasteiger partial charge in [0.25, 0.3) is 0 Å². The fourth-order valence-electron chi connectivity index (χ4n) is 1.57. The van der Waals surface area contributed by atoms with Crippen molar-refractivity contribution in [2.45, 2.75) is 13.8 Å². The summed E-state index contributed by atoms with van der Waals surface area (Å²) < 4.78 is 0. The number of nitro groups is 2. The van der Waals surface area contributed by atoms with Gasteiger partial charge in [0.1, 0.15) is 0 Å². The first-order valence-electron chi connectivity index (χ1n) is 5.52. The topological polar surface area (TPSA) is 133 Å². The van der Waals surface area contributed by atoms with E-state index in [1.807, 2.05) is 0 Å². The molecule has 1 rings (SSSR count). The molecule has 0 aromatic rings. The van der Waals surface area contributed by atoms with Crippen molar-refractivity contribution in [3.05, 3.63) is 20.2 Å². The van der Waals surface area contributed by atoms with Crippen molar-refractivity contribution >= 4 is 11.8 Å². The number of rotatable bonds is 2. The van der Waals surface area contributed by atoms with E-state index in [1.165, 1.54) is 0 Å². The molecule has 12 heteroatoms. The van der Waals surface area contributed by atoms with E-state index in [0.29, 0.717) is 10.0 Å². The van der Waals surface area contributed by atoms with Crippen LogP contribution in [0.4, 0.5) is 0 Å². The molecule has 1 heterocycles. The van der Waals surface area contributed by atoms with Crippen LogP contribution in [0.3, 0.4) is 0 Å². The average molecular weight is 298 g/mol. The SMILES string of the molecule is CC(=O)N1[14CH2]N([N+](=O)[O-])[14CH2]N(C(C)=O)[14CH2]N([N+](=O)[O-])[14CH2]1. The fraction of sp³-hybridized carbons (Fsp3) is 0.750. The van der Waals surface area contributed by atoms with Gasteiger partial charge in [-0.2, -0.15) is 0 Å². The highest BCUT2D eigenvalue weighted by Crippen LogP contribution is 2.07. The fourth-order valence-corrected chi connectivity index (χ4v) is 1.57. The van der Waals surface area contributed by atoms with Crippen molar-refractivity contribution in [3.63, 3.8) is 0 Å². The average Bonchev–Trinajstić information content (AvgIpc) is 2.26. The summed E-state index contributed by atoms with van der Waals surface area (Å²) in [5.41, 5.74) is 0. The Bertz CT molecular complexity index is 353. The Morgan fingerprint density at radius 2 is 1.05 bits per heavy atom. The molecule has 0 spiro atoms. The summed E-state index contributed by atoms with van der Waals surface area (Å²) in [4.78, 5) is 46.4. The van der Waals surface area contributed by atoms with E-state index < -0.39 is 48.6 Å². The van der Waals surface area contributed by atoms with Crippen LogP contribution in [0.25, 0.3) is 0 Å². The van der Waals surface area contributed by atoms with Gasteiger partial charge < -0.3 is 0 Å². The van der Waals surface area contributed by atoms with E-state index in [-0.39, 0.29) is 0 Å². The van der Waals surface area contributed by atoms with Gasteiger partial charge in [0.15, 0.2) is 36.7 Å². The van der Waals surface area contributed by atoms with E-state index in [4.69, 9.17) is 0 Å². The summed E-state index contributed by atoms with van der Waals surface area (Å²) in [6.45, 7) is 0.515. The molecule has 0 aliphatic carbocycles. The molecule has 0 unspecified atom stereocenters. The van der Waals surface area contributed by atoms with E-state index in [0.717, 1.165) is 23.6 Å². The lowest BCUT2D eigenvalue weighted by Crippen LogP contribution is -2.58. The van der Waals surface area contributed by atoms with Gasteiger partial charge in [0.2, 0.25) is 11.8 Å². The maximum absolute atomic E-state index is 11.4. The molecule has 2 amide bonds. The molecule has 0 N–H and O–H groups in total. The Balaban J connectivity index is 3.02. The zero-order valence-electron chi connectivity index (χ0n) is 11.0. The van der Waals surface area contributed by atoms with Gasteiger partial charge in [-0.1, -0.05) is 10.0 Å². The quantitative estimate of drug-likeness (QED) is 0.445. The Morgan fingerprint density at radius 3 is 1.20 bits per heavy atom. The maximum Gasteiger partial charge on any atom is 0.222 e. The van der Waals surface area contributed by atoms with Gasteiger partial charge in [-0.15, -0.1) is 0 Å². The standard InChI is InChI=1S/C8H14N6O6/c1-7(15)9-3-11(13(17)18)5-10(8(2)16)6-12(4-9)14(19)20/h3-6H2,1-2H3/i3+2,4+2,5+2,6+2. The van der Waals surface area contributed by atoms with Gasteiger partial charge in [-0.25, -0.2) is 20.2 Å². The van der Waals surface area contributed by atoms with E-state index in [9.17, 15) is 29.8 Å². The zero-order chi connectivity index (χ0) is 15.4. The number of hydrogen-bond donors (Lipinski definition) is 0. The molecule has 0 aromatic carbocycles. The van der Waals surface area contributed by atoms with Gasteiger partial charge in [-0.05, 0) is 0 Å². The first kappa shape index (κ1) is 15.4. The molecule has 20 heavy (non-hydrogen) atoms. The summed E-state index contributed by atoms with van der Waals surface area (Å²) in [6.07, 6.45) is 0. The number of hydrazine groups is 2. The molecule has 1 aliphatic heterocycles. The normalized spacial score (nSPS) is 16.5. The smallest absolute Gasteiger partial charge is 0.222 e. The number of amides is 2. The van der Waals surface area contributed by atoms with Crippen molar-refractivity contribution in [3.8, 4) is 0 Å². The Labute approximate surface area is 113 Å². The minimum absolute atomic E-state index is 0.448. The monoisotopic (exact) mass is 298 g/mol. The van der Waals surface area contributed by atoms with Crippen LogP contribution in [0, 0.1) is 20.2 Å². The molecule has 0 aromatic heterocycles. The third-order valence-corrected chi connectivity index (χ3v) is 2.69. The molecule has 112 valence electrons. The Kier molecular flexibility index (Phi) is 4.61. The summed E-state index contributed by atoms with van der Waals surface area (Å²) in [7, 11) is 0. The molecule has 0 bridgehead atoms. The molecular formula is C8H14N6O6. The van der Waals surface area contributed by atoms with Crippen LogP contribution < -0.4 is 0 Å². The minimum atomic E-state index is -0.756. The molecule has 1 fully saturated rings. The highest BCUT2D eigenvalue weighted by atomic mass is 16.7. The second kappa shape index (κ2) is 5.99. The predicted molar refractivity (Wildman–Crippen MR) is 62.2 cm³/mol. The first-order chi connectivity index (χ1) is 9.22. The lowest BCUT2D eigenvalue weighted by Gasteiger charge is -2.34. The third kappa shape index (κ3) is 3.66. The van der Waals surface area contributed by atoms with E-state index in [2.05, 4.69) is 0 Å². The number of carbonyl (C=O) groups is 2. The van der Waals surface area contributed by atoms with Crippen molar-refractivity contribution in [2.24, 2.45) is 0 Å². The van der Waals surface area contributed by atoms with Gasteiger partial charge in [-0.3, -0.25) is 19.4 Å². The van der Waals surface area contributed by atoms with Crippen molar-refractivity contribution in [1.29, 1.82) is 0 Å². The van der Waals surface area contributed by atoms with Crippen molar-refractivity contribution in [1.82, 2.24) is 19.8 Å². The summed E-state index contributed by atoms with van der Waals surface area (Å²) in [5.74, 6) is -1.08. The highest BCUT2D eigenvalue weighted by Gasteiger charge is 2.33. The molecule has 0 radical (unpaired) electrons. The highest BCUT2D eigenvalue weighted by molar-refractivity contribution is 5.73. The molecular weight excluding hydrogens is 284 g/mol. The molecule has 12 nitrogen and oxygen atoms in total. The second-order valence-corrected chi connectivity index (χ2v) is 4.17. The summed E-state index contributed by atoms with van der Waals surface area (Å²) in [6, 6.07) is 0. The third-order valence-electron chi connectivity index (χ3n) is 2.69. The maximum atomic E-state index is 11.4. The van der Waals surface area contributed by atoms with Crippen LogP contribution in [0.1, 0.15) is 13.8 Å².